The van der Waals surface area contributed by atoms with Gasteiger partial charge in [0.15, 0.2) is 0 Å². The Labute approximate surface area is 71.1 Å². The lowest BCUT2D eigenvalue weighted by Gasteiger charge is -2.04. The van der Waals surface area contributed by atoms with Gasteiger partial charge < -0.3 is 10.7 Å². The van der Waals surface area contributed by atoms with E-state index in [2.05, 4.69) is 15.7 Å². The molecule has 1 aromatic rings. The van der Waals surface area contributed by atoms with Crippen LogP contribution in [0.5, 0.6) is 0 Å². The van der Waals surface area contributed by atoms with Gasteiger partial charge in [0, 0.05) is 6.04 Å². The number of hydrogen-bond donors (Lipinski definition) is 3. The average Bonchev–Trinajstić information content (AvgIpc) is 2.90. The highest BCUT2D eigenvalue weighted by Gasteiger charge is 2.20. The summed E-state index contributed by atoms with van der Waals surface area (Å²) < 4.78 is 0. The van der Waals surface area contributed by atoms with E-state index in [-0.39, 0.29) is 0 Å². The Kier molecular flexibility index (Phi) is 1.83. The summed E-state index contributed by atoms with van der Waals surface area (Å²) in [6, 6.07) is 4.49. The van der Waals surface area contributed by atoms with Crippen LogP contribution < -0.4 is 16.6 Å². The second-order valence-corrected chi connectivity index (χ2v) is 3.00. The highest BCUT2D eigenvalue weighted by Crippen LogP contribution is 2.24. The van der Waals surface area contributed by atoms with Crippen molar-refractivity contribution in [3.63, 3.8) is 0 Å². The van der Waals surface area contributed by atoms with Crippen LogP contribution in [-0.4, -0.2) is 11.0 Å². The molecule has 0 saturated heterocycles. The molecular formula is C8H12N4. The molecule has 0 radical (unpaired) electrons. The minimum absolute atomic E-state index is 0.670. The van der Waals surface area contributed by atoms with E-state index in [9.17, 15) is 0 Å². The number of nitrogen functional groups attached to an aromatic ring is 1. The molecule has 1 aromatic heterocycles. The van der Waals surface area contributed by atoms with Crippen LogP contribution in [0.25, 0.3) is 0 Å². The average molecular weight is 164 g/mol. The topological polar surface area (TPSA) is 63.0 Å². The van der Waals surface area contributed by atoms with Gasteiger partial charge in [-0.25, -0.2) is 10.8 Å². The van der Waals surface area contributed by atoms with E-state index in [1.54, 1.807) is 6.20 Å². The summed E-state index contributed by atoms with van der Waals surface area (Å²) in [6.45, 7) is 0. The Morgan fingerprint density at radius 3 is 2.75 bits per heavy atom. The summed E-state index contributed by atoms with van der Waals surface area (Å²) >= 11 is 0. The maximum Gasteiger partial charge on any atom is 0.140 e. The Morgan fingerprint density at radius 2 is 2.25 bits per heavy atom. The molecule has 4 heteroatoms. The Bertz CT molecular complexity index is 252. The van der Waals surface area contributed by atoms with E-state index in [1.807, 2.05) is 12.1 Å². The molecule has 1 aliphatic rings. The molecule has 1 saturated carbocycles. The van der Waals surface area contributed by atoms with Crippen molar-refractivity contribution in [3.05, 3.63) is 18.3 Å². The van der Waals surface area contributed by atoms with E-state index in [0.29, 0.717) is 11.9 Å². The number of nitrogens with zero attached hydrogens (tertiary/aromatic N) is 1. The molecule has 0 spiro atoms. The Morgan fingerprint density at radius 1 is 1.42 bits per heavy atom. The number of anilines is 2. The molecule has 0 aliphatic heterocycles. The molecule has 0 aromatic carbocycles. The largest absolute Gasteiger partial charge is 0.381 e. The zero-order valence-corrected chi connectivity index (χ0v) is 6.75. The molecule has 0 bridgehead atoms. The minimum atomic E-state index is 0.670. The summed E-state index contributed by atoms with van der Waals surface area (Å²) in [5, 5.41) is 3.34. The van der Waals surface area contributed by atoms with Crippen LogP contribution in [-0.2, 0) is 0 Å². The van der Waals surface area contributed by atoms with Crippen molar-refractivity contribution in [2.75, 3.05) is 10.7 Å². The van der Waals surface area contributed by atoms with Gasteiger partial charge in [-0.15, -0.1) is 0 Å². The van der Waals surface area contributed by atoms with Gasteiger partial charge in [-0.05, 0) is 25.0 Å². The van der Waals surface area contributed by atoms with Crippen LogP contribution in [0, 0.1) is 0 Å². The summed E-state index contributed by atoms with van der Waals surface area (Å²) in [5.74, 6) is 5.87. The van der Waals surface area contributed by atoms with Crippen molar-refractivity contribution in [2.45, 2.75) is 18.9 Å². The van der Waals surface area contributed by atoms with Crippen LogP contribution in [0.1, 0.15) is 12.8 Å². The molecule has 1 aliphatic carbocycles. The lowest BCUT2D eigenvalue weighted by molar-refractivity contribution is 1.14. The second-order valence-electron chi connectivity index (χ2n) is 3.00. The summed E-state index contributed by atoms with van der Waals surface area (Å²) in [6.07, 6.45) is 4.33. The normalized spacial score (nSPS) is 15.8. The molecule has 12 heavy (non-hydrogen) atoms. The van der Waals surface area contributed by atoms with Crippen LogP contribution in [0.15, 0.2) is 18.3 Å². The zero-order valence-electron chi connectivity index (χ0n) is 6.75. The lowest BCUT2D eigenvalue weighted by Crippen LogP contribution is -2.08. The molecule has 2 rings (SSSR count). The predicted octanol–water partition coefficient (Wildman–Crippen LogP) is 0.942. The van der Waals surface area contributed by atoms with Crippen molar-refractivity contribution >= 4 is 11.5 Å². The fraction of sp³-hybridized carbons (Fsp3) is 0.375. The Balaban J connectivity index is 2.02. The third-order valence-corrected chi connectivity index (χ3v) is 1.86. The number of pyridine rings is 1. The van der Waals surface area contributed by atoms with Gasteiger partial charge in [0.2, 0.25) is 0 Å². The van der Waals surface area contributed by atoms with Crippen molar-refractivity contribution in [1.82, 2.24) is 4.98 Å². The first-order valence-corrected chi connectivity index (χ1v) is 4.08. The number of nitrogens with one attached hydrogen (secondary N) is 2. The lowest BCUT2D eigenvalue weighted by atomic mass is 10.4. The standard InChI is InChI=1S/C8H12N4/c9-12-8-4-3-7(5-10-8)11-6-1-2-6/h3-6,11H,1-2,9H2,(H,10,12). The van der Waals surface area contributed by atoms with E-state index in [4.69, 9.17) is 5.84 Å². The van der Waals surface area contributed by atoms with Crippen LogP contribution >= 0.6 is 0 Å². The molecule has 0 unspecified atom stereocenters. The second kappa shape index (κ2) is 2.98. The van der Waals surface area contributed by atoms with Gasteiger partial charge in [0.1, 0.15) is 5.82 Å². The predicted molar refractivity (Wildman–Crippen MR) is 48.7 cm³/mol. The van der Waals surface area contributed by atoms with Gasteiger partial charge in [-0.1, -0.05) is 0 Å². The van der Waals surface area contributed by atoms with Crippen molar-refractivity contribution in [3.8, 4) is 0 Å². The molecule has 1 fully saturated rings. The summed E-state index contributed by atoms with van der Waals surface area (Å²) in [5.41, 5.74) is 3.55. The van der Waals surface area contributed by atoms with Gasteiger partial charge in [0.25, 0.3) is 0 Å². The maximum atomic E-state index is 5.18. The molecule has 4 nitrogen and oxygen atoms in total. The first-order valence-electron chi connectivity index (χ1n) is 4.08. The fourth-order valence-corrected chi connectivity index (χ4v) is 1.03. The highest BCUT2D eigenvalue weighted by atomic mass is 15.2. The molecule has 4 N–H and O–H groups in total. The minimum Gasteiger partial charge on any atom is -0.381 e. The van der Waals surface area contributed by atoms with Crippen molar-refractivity contribution in [1.29, 1.82) is 0 Å². The van der Waals surface area contributed by atoms with Crippen LogP contribution in [0.2, 0.25) is 0 Å². The van der Waals surface area contributed by atoms with E-state index in [0.717, 1.165) is 5.69 Å². The smallest absolute Gasteiger partial charge is 0.140 e. The van der Waals surface area contributed by atoms with Gasteiger partial charge in [-0.2, -0.15) is 0 Å². The monoisotopic (exact) mass is 164 g/mol. The molecule has 0 amide bonds. The SMILES string of the molecule is NNc1ccc(NC2CC2)cn1. The highest BCUT2D eigenvalue weighted by molar-refractivity contribution is 5.47. The zero-order chi connectivity index (χ0) is 8.39. The molecule has 1 heterocycles. The third-order valence-electron chi connectivity index (χ3n) is 1.86. The Hall–Kier alpha value is -1.29. The van der Waals surface area contributed by atoms with E-state index < -0.39 is 0 Å². The van der Waals surface area contributed by atoms with Gasteiger partial charge in [-0.3, -0.25) is 0 Å². The summed E-state index contributed by atoms with van der Waals surface area (Å²) in [7, 11) is 0. The number of nitrogens with two attached hydrogens (primary N) is 1. The number of hydrazine groups is 1. The first kappa shape index (κ1) is 7.36. The first-order chi connectivity index (χ1) is 5.88. The van der Waals surface area contributed by atoms with E-state index >= 15 is 0 Å². The van der Waals surface area contributed by atoms with Crippen LogP contribution in [0.3, 0.4) is 0 Å². The maximum absolute atomic E-state index is 5.18. The summed E-state index contributed by atoms with van der Waals surface area (Å²) in [4.78, 5) is 4.08. The fourth-order valence-electron chi connectivity index (χ4n) is 1.03. The van der Waals surface area contributed by atoms with Crippen molar-refractivity contribution in [2.24, 2.45) is 5.84 Å². The van der Waals surface area contributed by atoms with Gasteiger partial charge in [0.05, 0.1) is 11.9 Å². The number of rotatable bonds is 3. The van der Waals surface area contributed by atoms with E-state index in [1.165, 1.54) is 12.8 Å². The molecule has 64 valence electrons. The quantitative estimate of drug-likeness (QED) is 0.459. The third kappa shape index (κ3) is 1.65. The van der Waals surface area contributed by atoms with Crippen molar-refractivity contribution < 1.29 is 0 Å². The molecule has 0 atom stereocenters. The number of aromatic nitrogens is 1. The molecular weight excluding hydrogens is 152 g/mol. The number of hydrogen-bond acceptors (Lipinski definition) is 4. The van der Waals surface area contributed by atoms with Gasteiger partial charge >= 0.3 is 0 Å². The van der Waals surface area contributed by atoms with Crippen LogP contribution in [0.4, 0.5) is 11.5 Å².